The number of alkyl halides is 1. The van der Waals surface area contributed by atoms with Gasteiger partial charge in [0.25, 0.3) is 0 Å². The normalized spacial score (nSPS) is 19.9. The molecule has 0 N–H and O–H groups in total. The molecule has 2 amide bonds. The number of halogens is 3. The summed E-state index contributed by atoms with van der Waals surface area (Å²) in [6, 6.07) is 11.2. The van der Waals surface area contributed by atoms with E-state index < -0.39 is 41.7 Å². The van der Waals surface area contributed by atoms with Crippen molar-refractivity contribution in [2.24, 2.45) is 0 Å². The van der Waals surface area contributed by atoms with Crippen LogP contribution in [0.5, 0.6) is 5.75 Å². The molecule has 2 fully saturated rings. The van der Waals surface area contributed by atoms with Crippen LogP contribution in [0, 0.1) is 11.6 Å². The predicted octanol–water partition coefficient (Wildman–Crippen LogP) is 4.76. The Kier molecular flexibility index (Phi) is 8.23. The summed E-state index contributed by atoms with van der Waals surface area (Å²) in [6.45, 7) is 5.98. The van der Waals surface area contributed by atoms with Crippen LogP contribution < -0.4 is 9.64 Å². The zero-order valence-electron chi connectivity index (χ0n) is 21.7. The van der Waals surface area contributed by atoms with E-state index in [1.54, 1.807) is 25.7 Å². The summed E-state index contributed by atoms with van der Waals surface area (Å²) in [6.07, 6.45) is -3.86. The summed E-state index contributed by atoms with van der Waals surface area (Å²) in [5.74, 6) is -2.09. The molecule has 2 aromatic rings. The minimum absolute atomic E-state index is 0.0797. The third kappa shape index (κ3) is 6.81. The Morgan fingerprint density at radius 3 is 2.26 bits per heavy atom. The van der Waals surface area contributed by atoms with Crippen LogP contribution in [0.2, 0.25) is 0 Å². The molecule has 2 atom stereocenters. The molecule has 0 aliphatic carbocycles. The Morgan fingerprint density at radius 1 is 0.921 bits per heavy atom. The number of hydrogen-bond donors (Lipinski definition) is 0. The highest BCUT2D eigenvalue weighted by Gasteiger charge is 2.39. The summed E-state index contributed by atoms with van der Waals surface area (Å²) >= 11 is 0. The Bertz CT molecular complexity index is 1140. The Hall–Kier alpha value is -3.63. The van der Waals surface area contributed by atoms with E-state index in [9.17, 15) is 22.8 Å². The van der Waals surface area contributed by atoms with Gasteiger partial charge in [-0.15, -0.1) is 0 Å². The number of benzene rings is 2. The van der Waals surface area contributed by atoms with Gasteiger partial charge in [0.1, 0.15) is 24.1 Å². The SMILES string of the molecule is CC(C)(C)OC(=O)N1C[C@H](Oc2cc(N3CCN(C(=O)OCc4ccccc4)CC3)c(F)cc2F)[C@@H](F)C1. The van der Waals surface area contributed by atoms with E-state index >= 15 is 0 Å². The lowest BCUT2D eigenvalue weighted by atomic mass is 10.2. The first-order valence-corrected chi connectivity index (χ1v) is 12.5. The van der Waals surface area contributed by atoms with Gasteiger partial charge in [-0.05, 0) is 26.3 Å². The highest BCUT2D eigenvalue weighted by Crippen LogP contribution is 2.31. The van der Waals surface area contributed by atoms with Crippen LogP contribution in [0.15, 0.2) is 42.5 Å². The zero-order valence-corrected chi connectivity index (χ0v) is 21.7. The van der Waals surface area contributed by atoms with E-state index in [4.69, 9.17) is 14.2 Å². The van der Waals surface area contributed by atoms with Crippen molar-refractivity contribution in [1.82, 2.24) is 9.80 Å². The number of ether oxygens (including phenoxy) is 3. The van der Waals surface area contributed by atoms with E-state index in [1.165, 1.54) is 15.9 Å². The second kappa shape index (κ2) is 11.4. The first kappa shape index (κ1) is 27.4. The van der Waals surface area contributed by atoms with E-state index in [-0.39, 0.29) is 57.3 Å². The monoisotopic (exact) mass is 535 g/mol. The van der Waals surface area contributed by atoms with Gasteiger partial charge in [0, 0.05) is 38.3 Å². The highest BCUT2D eigenvalue weighted by molar-refractivity contribution is 5.69. The van der Waals surface area contributed by atoms with Gasteiger partial charge in [-0.2, -0.15) is 0 Å². The molecule has 2 aliphatic rings. The van der Waals surface area contributed by atoms with Gasteiger partial charge in [-0.1, -0.05) is 30.3 Å². The first-order chi connectivity index (χ1) is 18.0. The molecule has 0 saturated carbocycles. The maximum atomic E-state index is 14.7. The molecule has 0 radical (unpaired) electrons. The van der Waals surface area contributed by atoms with E-state index in [2.05, 4.69) is 0 Å². The molecule has 2 aliphatic heterocycles. The fourth-order valence-electron chi connectivity index (χ4n) is 4.28. The number of anilines is 1. The molecule has 11 heteroatoms. The smallest absolute Gasteiger partial charge is 0.410 e. The molecule has 0 spiro atoms. The lowest BCUT2D eigenvalue weighted by molar-refractivity contribution is 0.0273. The van der Waals surface area contributed by atoms with Crippen LogP contribution in [-0.2, 0) is 16.1 Å². The second-order valence-corrected chi connectivity index (χ2v) is 10.3. The van der Waals surface area contributed by atoms with Gasteiger partial charge in [0.2, 0.25) is 0 Å². The fraction of sp³-hybridized carbons (Fsp3) is 0.481. The van der Waals surface area contributed by atoms with Gasteiger partial charge < -0.3 is 28.9 Å². The summed E-state index contributed by atoms with van der Waals surface area (Å²) in [5.41, 5.74) is 0.200. The molecule has 4 rings (SSSR count). The topological polar surface area (TPSA) is 71.5 Å². The number of carbonyl (C=O) groups is 2. The van der Waals surface area contributed by atoms with Crippen LogP contribution in [0.4, 0.5) is 28.4 Å². The molecule has 2 heterocycles. The summed E-state index contributed by atoms with van der Waals surface area (Å²) in [7, 11) is 0. The molecule has 2 aromatic carbocycles. The molecular weight excluding hydrogens is 503 g/mol. The number of carbonyl (C=O) groups excluding carboxylic acids is 2. The Morgan fingerprint density at radius 2 is 1.61 bits per heavy atom. The van der Waals surface area contributed by atoms with Gasteiger partial charge >= 0.3 is 12.2 Å². The van der Waals surface area contributed by atoms with Crippen LogP contribution >= 0.6 is 0 Å². The Balaban J connectivity index is 1.35. The molecule has 2 saturated heterocycles. The molecule has 0 aromatic heterocycles. The predicted molar refractivity (Wildman–Crippen MR) is 134 cm³/mol. The lowest BCUT2D eigenvalue weighted by Crippen LogP contribution is -2.49. The largest absolute Gasteiger partial charge is 0.482 e. The van der Waals surface area contributed by atoms with Gasteiger partial charge in [-0.25, -0.2) is 22.8 Å². The molecule has 8 nitrogen and oxygen atoms in total. The van der Waals surface area contributed by atoms with Crippen molar-refractivity contribution in [3.8, 4) is 5.75 Å². The van der Waals surface area contributed by atoms with E-state index in [1.807, 2.05) is 30.3 Å². The summed E-state index contributed by atoms with van der Waals surface area (Å²) in [5, 5.41) is 0. The summed E-state index contributed by atoms with van der Waals surface area (Å²) in [4.78, 5) is 29.1. The second-order valence-electron chi connectivity index (χ2n) is 10.3. The van der Waals surface area contributed by atoms with Crippen molar-refractivity contribution in [3.63, 3.8) is 0 Å². The standard InChI is InChI=1S/C27H32F3N3O5/c1-27(2,3)38-26(35)33-15-21(30)24(16-33)37-23-14-22(19(28)13-20(23)29)31-9-11-32(12-10-31)25(34)36-17-18-7-5-4-6-8-18/h4-8,13-14,21,24H,9-12,15-17H2,1-3H3/t21-,24-/m0/s1. The van der Waals surface area contributed by atoms with Crippen molar-refractivity contribution < 1.29 is 37.0 Å². The zero-order chi connectivity index (χ0) is 27.4. The number of nitrogens with zero attached hydrogens (tertiary/aromatic N) is 3. The van der Waals surface area contributed by atoms with E-state index in [0.29, 0.717) is 6.07 Å². The van der Waals surface area contributed by atoms with Crippen molar-refractivity contribution >= 4 is 17.9 Å². The third-order valence-electron chi connectivity index (χ3n) is 6.21. The maximum absolute atomic E-state index is 14.7. The average Bonchev–Trinajstić information content (AvgIpc) is 3.24. The average molecular weight is 536 g/mol. The molecule has 0 bridgehead atoms. The third-order valence-corrected chi connectivity index (χ3v) is 6.21. The number of hydrogen-bond acceptors (Lipinski definition) is 6. The van der Waals surface area contributed by atoms with Gasteiger partial charge in [0.05, 0.1) is 18.8 Å². The fourth-order valence-corrected chi connectivity index (χ4v) is 4.28. The van der Waals surface area contributed by atoms with Crippen LogP contribution in [0.3, 0.4) is 0 Å². The number of likely N-dealkylation sites (tertiary alicyclic amines) is 1. The number of piperazine rings is 1. The number of amides is 2. The van der Waals surface area contributed by atoms with Crippen LogP contribution in [-0.4, -0.2) is 79.1 Å². The van der Waals surface area contributed by atoms with Gasteiger partial charge in [0.15, 0.2) is 17.7 Å². The van der Waals surface area contributed by atoms with Gasteiger partial charge in [-0.3, -0.25) is 0 Å². The van der Waals surface area contributed by atoms with Crippen molar-refractivity contribution in [3.05, 3.63) is 59.7 Å². The minimum Gasteiger partial charge on any atom is -0.482 e. The van der Waals surface area contributed by atoms with Crippen molar-refractivity contribution in [2.45, 2.75) is 45.3 Å². The summed E-state index contributed by atoms with van der Waals surface area (Å²) < 4.78 is 60.1. The lowest BCUT2D eigenvalue weighted by Gasteiger charge is -2.35. The number of rotatable bonds is 5. The molecular formula is C27H32F3N3O5. The minimum atomic E-state index is -1.57. The van der Waals surface area contributed by atoms with E-state index in [0.717, 1.165) is 5.56 Å². The first-order valence-electron chi connectivity index (χ1n) is 12.5. The van der Waals surface area contributed by atoms with Crippen LogP contribution in [0.25, 0.3) is 0 Å². The molecule has 38 heavy (non-hydrogen) atoms. The highest BCUT2D eigenvalue weighted by atomic mass is 19.1. The molecule has 0 unspecified atom stereocenters. The maximum Gasteiger partial charge on any atom is 0.410 e. The Labute approximate surface area is 219 Å². The van der Waals surface area contributed by atoms with Crippen molar-refractivity contribution in [2.75, 3.05) is 44.2 Å². The molecule has 206 valence electrons. The van der Waals surface area contributed by atoms with Crippen LogP contribution in [0.1, 0.15) is 26.3 Å². The van der Waals surface area contributed by atoms with Crippen molar-refractivity contribution in [1.29, 1.82) is 0 Å². The quantitative estimate of drug-likeness (QED) is 0.550.